The fourth-order valence-corrected chi connectivity index (χ4v) is 3.13. The maximum Gasteiger partial charge on any atom is 0.410 e. The first-order chi connectivity index (χ1) is 12.0. The summed E-state index contributed by atoms with van der Waals surface area (Å²) in [6.45, 7) is 9.77. The molecule has 1 saturated heterocycles. The van der Waals surface area contributed by atoms with Gasteiger partial charge in [-0.25, -0.2) is 9.18 Å². The highest BCUT2D eigenvalue weighted by Crippen LogP contribution is 2.23. The normalized spacial score (nSPS) is 20.7. The zero-order valence-corrected chi connectivity index (χ0v) is 16.2. The van der Waals surface area contributed by atoms with E-state index in [2.05, 4.69) is 0 Å². The molecule has 144 valence electrons. The summed E-state index contributed by atoms with van der Waals surface area (Å²) in [7, 11) is 1.44. The summed E-state index contributed by atoms with van der Waals surface area (Å²) >= 11 is 0. The molecular formula is C19H27FN2O4. The lowest BCUT2D eigenvalue weighted by Gasteiger charge is -2.44. The van der Waals surface area contributed by atoms with Gasteiger partial charge in [-0.2, -0.15) is 0 Å². The van der Waals surface area contributed by atoms with Crippen LogP contribution in [0.15, 0.2) is 18.2 Å². The van der Waals surface area contributed by atoms with Gasteiger partial charge in [0.1, 0.15) is 17.2 Å². The van der Waals surface area contributed by atoms with E-state index in [-0.39, 0.29) is 17.6 Å². The molecule has 0 unspecified atom stereocenters. The van der Waals surface area contributed by atoms with Gasteiger partial charge in [0.25, 0.3) is 5.91 Å². The molecule has 1 heterocycles. The van der Waals surface area contributed by atoms with Crippen LogP contribution in [0.5, 0.6) is 5.75 Å². The van der Waals surface area contributed by atoms with Crippen LogP contribution in [0.4, 0.5) is 9.18 Å². The predicted molar refractivity (Wildman–Crippen MR) is 95.9 cm³/mol. The third-order valence-corrected chi connectivity index (χ3v) is 4.22. The van der Waals surface area contributed by atoms with Gasteiger partial charge in [-0.05, 0) is 46.8 Å². The largest absolute Gasteiger partial charge is 0.497 e. The van der Waals surface area contributed by atoms with Gasteiger partial charge in [-0.15, -0.1) is 0 Å². The van der Waals surface area contributed by atoms with Crippen LogP contribution in [-0.2, 0) is 4.74 Å². The Hall–Kier alpha value is -2.31. The molecule has 0 bridgehead atoms. The van der Waals surface area contributed by atoms with Gasteiger partial charge >= 0.3 is 6.09 Å². The highest BCUT2D eigenvalue weighted by molar-refractivity contribution is 5.95. The van der Waals surface area contributed by atoms with Crippen molar-refractivity contribution in [2.45, 2.75) is 52.3 Å². The summed E-state index contributed by atoms with van der Waals surface area (Å²) in [4.78, 5) is 28.4. The lowest BCUT2D eigenvalue weighted by Crippen LogP contribution is -2.60. The van der Waals surface area contributed by atoms with Gasteiger partial charge in [0.15, 0.2) is 0 Å². The van der Waals surface area contributed by atoms with Crippen molar-refractivity contribution in [2.75, 3.05) is 20.2 Å². The Bertz CT molecular complexity index is 675. The van der Waals surface area contributed by atoms with Crippen molar-refractivity contribution < 1.29 is 23.5 Å². The zero-order valence-electron chi connectivity index (χ0n) is 16.2. The fourth-order valence-electron chi connectivity index (χ4n) is 3.13. The van der Waals surface area contributed by atoms with Gasteiger partial charge in [-0.3, -0.25) is 9.69 Å². The number of carbonyl (C=O) groups is 2. The molecule has 0 N–H and O–H groups in total. The van der Waals surface area contributed by atoms with Gasteiger partial charge in [-0.1, -0.05) is 0 Å². The Morgan fingerprint density at radius 3 is 2.19 bits per heavy atom. The first-order valence-corrected chi connectivity index (χ1v) is 8.67. The lowest BCUT2D eigenvalue weighted by molar-refractivity contribution is -0.0130. The molecule has 2 atom stereocenters. The number of amides is 2. The van der Waals surface area contributed by atoms with Gasteiger partial charge < -0.3 is 14.4 Å². The molecule has 1 aromatic rings. The zero-order chi connectivity index (χ0) is 19.6. The number of rotatable bonds is 2. The molecule has 2 amide bonds. The number of methoxy groups -OCH3 is 1. The highest BCUT2D eigenvalue weighted by atomic mass is 19.1. The molecule has 6 nitrogen and oxygen atoms in total. The molecule has 1 aromatic carbocycles. The number of carbonyl (C=O) groups excluding carboxylic acids is 2. The van der Waals surface area contributed by atoms with E-state index < -0.39 is 23.4 Å². The van der Waals surface area contributed by atoms with Crippen molar-refractivity contribution >= 4 is 12.0 Å². The minimum Gasteiger partial charge on any atom is -0.497 e. The first-order valence-electron chi connectivity index (χ1n) is 8.67. The Balaban J connectivity index is 2.13. The van der Waals surface area contributed by atoms with Crippen LogP contribution in [-0.4, -0.2) is 59.7 Å². The second kappa shape index (κ2) is 7.51. The average molecular weight is 366 g/mol. The summed E-state index contributed by atoms with van der Waals surface area (Å²) in [5, 5.41) is 0. The van der Waals surface area contributed by atoms with Crippen molar-refractivity contribution in [2.24, 2.45) is 0 Å². The summed E-state index contributed by atoms with van der Waals surface area (Å²) in [6, 6.07) is 3.70. The SMILES string of the molecule is COc1ccc(C(=O)N2C[C@@H](C)N(C(=O)OC(C)(C)C)[C@H](C)C2)c(F)c1. The monoisotopic (exact) mass is 366 g/mol. The second-order valence-corrected chi connectivity index (χ2v) is 7.64. The lowest BCUT2D eigenvalue weighted by atomic mass is 10.1. The number of piperazine rings is 1. The summed E-state index contributed by atoms with van der Waals surface area (Å²) in [6.07, 6.45) is -0.403. The minimum atomic E-state index is -0.621. The van der Waals surface area contributed by atoms with Crippen LogP contribution >= 0.6 is 0 Å². The molecule has 0 aliphatic carbocycles. The molecule has 0 spiro atoms. The fraction of sp³-hybridized carbons (Fsp3) is 0.579. The average Bonchev–Trinajstić information content (AvgIpc) is 2.51. The number of benzene rings is 1. The Morgan fingerprint density at radius 2 is 1.73 bits per heavy atom. The van der Waals surface area contributed by atoms with Crippen LogP contribution in [0.3, 0.4) is 0 Å². The topological polar surface area (TPSA) is 59.1 Å². The molecule has 0 saturated carbocycles. The van der Waals surface area contributed by atoms with Crippen molar-refractivity contribution in [3.05, 3.63) is 29.6 Å². The molecule has 2 rings (SSSR count). The standard InChI is InChI=1S/C19H27FN2O4/c1-12-10-21(11-13(2)22(12)18(24)26-19(3,4)5)17(23)15-8-7-14(25-6)9-16(15)20/h7-9,12-13H,10-11H2,1-6H3/t12-,13-/m1/s1. The van der Waals surface area contributed by atoms with Crippen LogP contribution in [0, 0.1) is 5.82 Å². The molecule has 26 heavy (non-hydrogen) atoms. The summed E-state index contributed by atoms with van der Waals surface area (Å²) < 4.78 is 24.6. The smallest absolute Gasteiger partial charge is 0.410 e. The third kappa shape index (κ3) is 4.45. The summed E-state index contributed by atoms with van der Waals surface area (Å²) in [5.41, 5.74) is -0.591. The van der Waals surface area contributed by atoms with Crippen LogP contribution < -0.4 is 4.74 Å². The number of ether oxygens (including phenoxy) is 2. The van der Waals surface area contributed by atoms with E-state index in [9.17, 15) is 14.0 Å². The predicted octanol–water partition coefficient (Wildman–Crippen LogP) is 3.30. The van der Waals surface area contributed by atoms with Crippen molar-refractivity contribution in [1.29, 1.82) is 0 Å². The molecule has 0 aromatic heterocycles. The molecule has 0 radical (unpaired) electrons. The molecular weight excluding hydrogens is 339 g/mol. The van der Waals surface area contributed by atoms with Crippen LogP contribution in [0.25, 0.3) is 0 Å². The van der Waals surface area contributed by atoms with E-state index in [4.69, 9.17) is 9.47 Å². The van der Waals surface area contributed by atoms with Crippen molar-refractivity contribution in [1.82, 2.24) is 9.80 Å². The molecule has 1 aliphatic heterocycles. The number of halogens is 1. The maximum absolute atomic E-state index is 14.2. The highest BCUT2D eigenvalue weighted by Gasteiger charge is 2.37. The van der Waals surface area contributed by atoms with Crippen molar-refractivity contribution in [3.8, 4) is 5.75 Å². The summed E-state index contributed by atoms with van der Waals surface area (Å²) in [5.74, 6) is -0.660. The third-order valence-electron chi connectivity index (χ3n) is 4.22. The van der Waals surface area contributed by atoms with E-state index >= 15 is 0 Å². The molecule has 1 fully saturated rings. The van der Waals surface area contributed by atoms with Crippen molar-refractivity contribution in [3.63, 3.8) is 0 Å². The second-order valence-electron chi connectivity index (χ2n) is 7.64. The molecule has 7 heteroatoms. The maximum atomic E-state index is 14.2. The Labute approximate surface area is 153 Å². The van der Waals surface area contributed by atoms with Gasteiger partial charge in [0.2, 0.25) is 0 Å². The quantitative estimate of drug-likeness (QED) is 0.806. The van der Waals surface area contributed by atoms with E-state index in [0.29, 0.717) is 18.8 Å². The number of hydrogen-bond acceptors (Lipinski definition) is 4. The van der Waals surface area contributed by atoms with Gasteiger partial charge in [0, 0.05) is 19.2 Å². The number of nitrogens with zero attached hydrogens (tertiary/aromatic N) is 2. The Morgan fingerprint density at radius 1 is 1.15 bits per heavy atom. The first kappa shape index (κ1) is 20.0. The van der Waals surface area contributed by atoms with Crippen LogP contribution in [0.1, 0.15) is 45.0 Å². The minimum absolute atomic E-state index is 0.00378. The van der Waals surface area contributed by atoms with Crippen LogP contribution in [0.2, 0.25) is 0 Å². The van der Waals surface area contributed by atoms with E-state index in [1.165, 1.54) is 19.2 Å². The van der Waals surface area contributed by atoms with E-state index in [1.54, 1.807) is 15.9 Å². The van der Waals surface area contributed by atoms with Gasteiger partial charge in [0.05, 0.1) is 24.8 Å². The number of hydrogen-bond donors (Lipinski definition) is 0. The van der Waals surface area contributed by atoms with E-state index in [1.807, 2.05) is 34.6 Å². The van der Waals surface area contributed by atoms with E-state index in [0.717, 1.165) is 0 Å². The Kier molecular flexibility index (Phi) is 5.78. The molecule has 1 aliphatic rings.